The first-order chi connectivity index (χ1) is 17.0. The number of hydrogen-bond donors (Lipinski definition) is 2. The summed E-state index contributed by atoms with van der Waals surface area (Å²) >= 11 is 7.57. The monoisotopic (exact) mass is 512 g/mol. The van der Waals surface area contributed by atoms with Crippen LogP contribution in [0.2, 0.25) is 5.02 Å². The van der Waals surface area contributed by atoms with Gasteiger partial charge in [-0.1, -0.05) is 29.8 Å². The lowest BCUT2D eigenvalue weighted by Gasteiger charge is -2.23. The highest BCUT2D eigenvalue weighted by atomic mass is 35.5. The van der Waals surface area contributed by atoms with E-state index in [0.717, 1.165) is 34.7 Å². The van der Waals surface area contributed by atoms with Crippen LogP contribution >= 0.6 is 22.9 Å². The van der Waals surface area contributed by atoms with Crippen molar-refractivity contribution in [3.63, 3.8) is 0 Å². The first-order valence-electron chi connectivity index (χ1n) is 11.3. The Labute approximate surface area is 211 Å². The highest BCUT2D eigenvalue weighted by Crippen LogP contribution is 2.37. The van der Waals surface area contributed by atoms with Crippen LogP contribution in [0.5, 0.6) is 11.5 Å². The molecular weight excluding hydrogens is 488 g/mol. The molecule has 1 fully saturated rings. The molecule has 0 saturated carbocycles. The van der Waals surface area contributed by atoms with E-state index < -0.39 is 5.91 Å². The lowest BCUT2D eigenvalue weighted by Crippen LogP contribution is -2.41. The number of thiophene rings is 1. The summed E-state index contributed by atoms with van der Waals surface area (Å²) in [4.78, 5) is 17.0. The predicted octanol–water partition coefficient (Wildman–Crippen LogP) is 4.35. The summed E-state index contributed by atoms with van der Waals surface area (Å²) in [6, 6.07) is 15.0. The largest absolute Gasteiger partial charge is 0.491 e. The fraction of sp³-hybridized carbons (Fsp3) is 0.280. The number of ether oxygens (including phenoxy) is 3. The minimum Gasteiger partial charge on any atom is -0.491 e. The molecule has 2 atom stereocenters. The van der Waals surface area contributed by atoms with Crippen LogP contribution in [0.3, 0.4) is 0 Å². The van der Waals surface area contributed by atoms with Gasteiger partial charge in [-0.3, -0.25) is 9.36 Å². The van der Waals surface area contributed by atoms with Crippen molar-refractivity contribution in [2.75, 3.05) is 26.3 Å². The molecule has 2 aromatic carbocycles. The van der Waals surface area contributed by atoms with E-state index in [9.17, 15) is 4.79 Å². The third-order valence-corrected chi connectivity index (χ3v) is 7.23. The van der Waals surface area contributed by atoms with Gasteiger partial charge >= 0.3 is 0 Å². The molecule has 8 nitrogen and oxygen atoms in total. The molecule has 3 N–H and O–H groups in total. The molecule has 0 spiro atoms. The maximum absolute atomic E-state index is 12.2. The number of hydrogen-bond acceptors (Lipinski definition) is 7. The topological polar surface area (TPSA) is 101 Å². The molecule has 1 aliphatic rings. The number of benzene rings is 2. The van der Waals surface area contributed by atoms with Gasteiger partial charge in [-0.05, 0) is 25.1 Å². The molecule has 1 amide bonds. The second-order valence-electron chi connectivity index (χ2n) is 8.20. The molecule has 0 radical (unpaired) electrons. The van der Waals surface area contributed by atoms with Crippen molar-refractivity contribution in [1.82, 2.24) is 14.9 Å². The van der Waals surface area contributed by atoms with Crippen LogP contribution < -0.4 is 20.5 Å². The van der Waals surface area contributed by atoms with Gasteiger partial charge in [-0.25, -0.2) is 4.98 Å². The molecule has 0 bridgehead atoms. The Morgan fingerprint density at radius 2 is 2.20 bits per heavy atom. The van der Waals surface area contributed by atoms with Crippen LogP contribution in [0.15, 0.2) is 54.9 Å². The number of primary amides is 1. The Morgan fingerprint density at radius 3 is 2.97 bits per heavy atom. The first-order valence-corrected chi connectivity index (χ1v) is 12.5. The quantitative estimate of drug-likeness (QED) is 0.364. The van der Waals surface area contributed by atoms with Crippen molar-refractivity contribution in [2.45, 2.75) is 19.1 Å². The van der Waals surface area contributed by atoms with Gasteiger partial charge in [-0.15, -0.1) is 11.3 Å². The Morgan fingerprint density at radius 1 is 1.34 bits per heavy atom. The number of imidazole rings is 1. The number of nitrogens with two attached hydrogens (primary N) is 1. The Bertz CT molecular complexity index is 1350. The third kappa shape index (κ3) is 5.13. The van der Waals surface area contributed by atoms with E-state index in [4.69, 9.17) is 31.5 Å². The zero-order valence-corrected chi connectivity index (χ0v) is 20.6. The Balaban J connectivity index is 1.41. The van der Waals surface area contributed by atoms with Crippen molar-refractivity contribution in [1.29, 1.82) is 0 Å². The number of carbonyl (C=O) groups excluding carboxylic acids is 1. The lowest BCUT2D eigenvalue weighted by molar-refractivity contribution is 0.000219. The van der Waals surface area contributed by atoms with Gasteiger partial charge in [0.2, 0.25) is 0 Å². The molecule has 4 aromatic rings. The van der Waals surface area contributed by atoms with Crippen LogP contribution in [0.4, 0.5) is 0 Å². The maximum Gasteiger partial charge on any atom is 0.262 e. The number of rotatable bonds is 8. The number of nitrogens with zero attached hydrogens (tertiary/aromatic N) is 2. The molecule has 5 rings (SSSR count). The van der Waals surface area contributed by atoms with E-state index in [2.05, 4.69) is 10.3 Å². The van der Waals surface area contributed by atoms with Crippen LogP contribution in [0, 0.1) is 0 Å². The summed E-state index contributed by atoms with van der Waals surface area (Å²) in [7, 11) is 0. The zero-order chi connectivity index (χ0) is 24.4. The van der Waals surface area contributed by atoms with Gasteiger partial charge in [0, 0.05) is 35.8 Å². The molecule has 0 aliphatic carbocycles. The summed E-state index contributed by atoms with van der Waals surface area (Å²) in [6.07, 6.45) is 1.35. The highest BCUT2D eigenvalue weighted by molar-refractivity contribution is 7.16. The van der Waals surface area contributed by atoms with E-state index in [1.54, 1.807) is 18.5 Å². The van der Waals surface area contributed by atoms with Gasteiger partial charge in [0.05, 0.1) is 17.6 Å². The minimum absolute atomic E-state index is 0.0135. The van der Waals surface area contributed by atoms with Gasteiger partial charge in [0.1, 0.15) is 46.5 Å². The van der Waals surface area contributed by atoms with E-state index in [1.165, 1.54) is 11.3 Å². The van der Waals surface area contributed by atoms with Crippen molar-refractivity contribution >= 4 is 39.9 Å². The normalized spacial score (nSPS) is 16.8. The molecule has 0 unspecified atom stereocenters. The molecule has 182 valence electrons. The average Bonchev–Trinajstić information content (AvgIpc) is 3.47. The standard InChI is InChI=1S/C25H25ClN4O4S/c1-15(18-4-2-3-5-19(18)26)34-22-11-23(35-24(22)25(27)31)30-14-29-20-7-6-16(10-21(20)30)33-13-17-12-28-8-9-32-17/h2-7,10-11,14-15,17,28H,8-9,12-13H2,1H3,(H2,27,31)/t15-,17-/m1/s1. The van der Waals surface area contributed by atoms with Gasteiger partial charge in [0.15, 0.2) is 0 Å². The van der Waals surface area contributed by atoms with Crippen LogP contribution in [0.1, 0.15) is 28.3 Å². The maximum atomic E-state index is 12.2. The molecule has 3 heterocycles. The third-order valence-electron chi connectivity index (χ3n) is 5.75. The smallest absolute Gasteiger partial charge is 0.262 e. The van der Waals surface area contributed by atoms with Crippen molar-refractivity contribution in [2.24, 2.45) is 5.73 Å². The Hall–Kier alpha value is -3.11. The minimum atomic E-state index is -0.558. The van der Waals surface area contributed by atoms with Crippen molar-refractivity contribution in [3.8, 4) is 16.5 Å². The van der Waals surface area contributed by atoms with Crippen LogP contribution in [-0.4, -0.2) is 47.9 Å². The number of morpholine rings is 1. The zero-order valence-electron chi connectivity index (χ0n) is 19.1. The molecule has 35 heavy (non-hydrogen) atoms. The molecule has 1 aliphatic heterocycles. The average molecular weight is 513 g/mol. The number of amides is 1. The Kier molecular flexibility index (Phi) is 6.92. The first kappa shape index (κ1) is 23.6. The molecule has 1 saturated heterocycles. The number of halogens is 1. The SMILES string of the molecule is C[C@@H](Oc1cc(-n2cnc3ccc(OC[C@H]4CNCCO4)cc32)sc1C(N)=O)c1ccccc1Cl. The van der Waals surface area contributed by atoms with E-state index in [0.29, 0.717) is 34.6 Å². The van der Waals surface area contributed by atoms with Crippen molar-refractivity contribution < 1.29 is 19.0 Å². The fourth-order valence-electron chi connectivity index (χ4n) is 3.97. The lowest BCUT2D eigenvalue weighted by atomic mass is 10.1. The second-order valence-corrected chi connectivity index (χ2v) is 9.63. The summed E-state index contributed by atoms with van der Waals surface area (Å²) in [5.74, 6) is 0.558. The molecular formula is C25H25ClN4O4S. The highest BCUT2D eigenvalue weighted by Gasteiger charge is 2.21. The number of carbonyl (C=O) groups is 1. The number of aromatic nitrogens is 2. The molecule has 10 heteroatoms. The summed E-state index contributed by atoms with van der Waals surface area (Å²) in [6.45, 7) is 4.64. The van der Waals surface area contributed by atoms with E-state index in [-0.39, 0.29) is 12.2 Å². The van der Waals surface area contributed by atoms with Crippen LogP contribution in [0.25, 0.3) is 16.0 Å². The second kappa shape index (κ2) is 10.2. The molecule has 2 aromatic heterocycles. The summed E-state index contributed by atoms with van der Waals surface area (Å²) < 4.78 is 19.7. The fourth-order valence-corrected chi connectivity index (χ4v) is 5.18. The van der Waals surface area contributed by atoms with Crippen molar-refractivity contribution in [3.05, 3.63) is 70.3 Å². The predicted molar refractivity (Wildman–Crippen MR) is 136 cm³/mol. The summed E-state index contributed by atoms with van der Waals surface area (Å²) in [5, 5.41) is 4.64. The summed E-state index contributed by atoms with van der Waals surface area (Å²) in [5.41, 5.74) is 8.14. The van der Waals surface area contributed by atoms with Gasteiger partial charge in [-0.2, -0.15) is 0 Å². The van der Waals surface area contributed by atoms with Crippen LogP contribution in [-0.2, 0) is 4.74 Å². The number of fused-ring (bicyclic) bond motifs is 1. The van der Waals surface area contributed by atoms with Gasteiger partial charge < -0.3 is 25.3 Å². The van der Waals surface area contributed by atoms with E-state index >= 15 is 0 Å². The van der Waals surface area contributed by atoms with E-state index in [1.807, 2.05) is 47.9 Å². The number of nitrogens with one attached hydrogen (secondary N) is 1. The van der Waals surface area contributed by atoms with Gasteiger partial charge in [0.25, 0.3) is 5.91 Å².